The van der Waals surface area contributed by atoms with Crippen LogP contribution in [-0.4, -0.2) is 49.5 Å². The van der Waals surface area contributed by atoms with Gasteiger partial charge in [-0.1, -0.05) is 68.7 Å². The Morgan fingerprint density at radius 2 is 1.70 bits per heavy atom. The number of rotatable bonds is 14. The van der Waals surface area contributed by atoms with Gasteiger partial charge in [-0.05, 0) is 90.0 Å². The second-order valence-electron chi connectivity index (χ2n) is 11.7. The maximum atomic E-state index is 13.2. The van der Waals surface area contributed by atoms with Crippen molar-refractivity contribution < 1.29 is 14.3 Å². The summed E-state index contributed by atoms with van der Waals surface area (Å²) >= 11 is 3.57. The van der Waals surface area contributed by atoms with Crippen molar-refractivity contribution in [3.05, 3.63) is 75.8 Å². The first-order valence-corrected chi connectivity index (χ1v) is 16.5. The number of hydrogen-bond donors (Lipinski definition) is 3. The lowest BCUT2D eigenvalue weighted by Crippen LogP contribution is -2.44. The fraction of sp³-hybridized carbons (Fsp3) is 0.486. The number of methoxy groups -OCH3 is 1. The molecule has 0 saturated heterocycles. The third-order valence-corrected chi connectivity index (χ3v) is 9.57. The molecular formula is C35H47BrN4O3. The van der Waals surface area contributed by atoms with Gasteiger partial charge in [0, 0.05) is 48.4 Å². The van der Waals surface area contributed by atoms with E-state index in [0.29, 0.717) is 30.4 Å². The minimum Gasteiger partial charge on any atom is -0.398 e. The van der Waals surface area contributed by atoms with Gasteiger partial charge in [0.25, 0.3) is 11.8 Å². The molecule has 3 aromatic rings. The van der Waals surface area contributed by atoms with Crippen LogP contribution < -0.4 is 16.4 Å². The number of benzene rings is 3. The van der Waals surface area contributed by atoms with E-state index in [9.17, 15) is 9.59 Å². The smallest absolute Gasteiger partial charge is 0.256 e. The van der Waals surface area contributed by atoms with Crippen LogP contribution in [0.3, 0.4) is 0 Å². The molecule has 0 spiro atoms. The maximum absolute atomic E-state index is 13.2. The van der Waals surface area contributed by atoms with Crippen molar-refractivity contribution in [2.24, 2.45) is 0 Å². The van der Waals surface area contributed by atoms with E-state index in [1.54, 1.807) is 7.11 Å². The summed E-state index contributed by atoms with van der Waals surface area (Å²) in [7, 11) is 1.57. The van der Waals surface area contributed by atoms with Crippen molar-refractivity contribution in [1.82, 2.24) is 15.5 Å². The van der Waals surface area contributed by atoms with E-state index in [-0.39, 0.29) is 11.8 Å². The number of nitrogens with one attached hydrogen (secondary N) is 2. The Labute approximate surface area is 265 Å². The van der Waals surface area contributed by atoms with Gasteiger partial charge >= 0.3 is 0 Å². The van der Waals surface area contributed by atoms with E-state index in [1.165, 1.54) is 32.1 Å². The molecule has 1 atom stereocenters. The van der Waals surface area contributed by atoms with Gasteiger partial charge in [-0.25, -0.2) is 0 Å². The molecule has 0 radical (unpaired) electrons. The number of unbranched alkanes of at least 4 members (excludes halogenated alkanes) is 2. The van der Waals surface area contributed by atoms with Gasteiger partial charge < -0.3 is 21.1 Å². The lowest BCUT2D eigenvalue weighted by Gasteiger charge is -2.34. The average molecular weight is 652 g/mol. The summed E-state index contributed by atoms with van der Waals surface area (Å²) in [6.07, 6.45) is 8.86. The Morgan fingerprint density at radius 3 is 2.42 bits per heavy atom. The standard InChI is InChI=1S/C35H47BrN4O3/c1-4-40(28-16-7-5-8-17-28)24-27-22-26(23-31(36)32(27)37)33(41)38-20-11-6-12-21-39-34(42)35(2,43-3)30-19-13-15-25-14-9-10-18-29(25)30/h9-10,13-15,18-19,22-23,28H,4-8,11-12,16-17,20-21,24,37H2,1-3H3,(H,38,41)(H,39,42). The fourth-order valence-corrected chi connectivity index (χ4v) is 6.67. The number of carbonyl (C=O) groups is 2. The molecule has 1 fully saturated rings. The van der Waals surface area contributed by atoms with Crippen LogP contribution in [0.15, 0.2) is 59.1 Å². The van der Waals surface area contributed by atoms with Gasteiger partial charge in [-0.2, -0.15) is 0 Å². The zero-order valence-corrected chi connectivity index (χ0v) is 27.5. The van der Waals surface area contributed by atoms with Gasteiger partial charge in [0.2, 0.25) is 0 Å². The molecule has 4 rings (SSSR count). The monoisotopic (exact) mass is 650 g/mol. The number of ether oxygens (including phenoxy) is 1. The number of carbonyl (C=O) groups excluding carboxylic acids is 2. The molecule has 0 bridgehead atoms. The summed E-state index contributed by atoms with van der Waals surface area (Å²) in [5.74, 6) is -0.253. The Balaban J connectivity index is 1.23. The van der Waals surface area contributed by atoms with Crippen molar-refractivity contribution >= 4 is 44.2 Å². The molecule has 2 amide bonds. The minimum absolute atomic E-state index is 0.0954. The summed E-state index contributed by atoms with van der Waals surface area (Å²) in [5, 5.41) is 8.18. The largest absolute Gasteiger partial charge is 0.398 e. The van der Waals surface area contributed by atoms with Crippen LogP contribution >= 0.6 is 15.9 Å². The number of fused-ring (bicyclic) bond motifs is 1. The van der Waals surface area contributed by atoms with E-state index in [0.717, 1.165) is 58.7 Å². The molecule has 232 valence electrons. The van der Waals surface area contributed by atoms with Crippen molar-refractivity contribution in [3.63, 3.8) is 0 Å². The van der Waals surface area contributed by atoms with Crippen molar-refractivity contribution in [1.29, 1.82) is 0 Å². The highest BCUT2D eigenvalue weighted by Crippen LogP contribution is 2.32. The lowest BCUT2D eigenvalue weighted by molar-refractivity contribution is -0.142. The number of amides is 2. The van der Waals surface area contributed by atoms with Crippen LogP contribution in [0, 0.1) is 0 Å². The van der Waals surface area contributed by atoms with Crippen LogP contribution in [-0.2, 0) is 21.7 Å². The molecule has 3 aromatic carbocycles. The molecule has 8 heteroatoms. The SMILES string of the molecule is CCN(Cc1cc(C(=O)NCCCCCNC(=O)C(C)(OC)c2cccc3ccccc23)cc(Br)c1N)C1CCCCC1. The van der Waals surface area contributed by atoms with Crippen LogP contribution in [0.5, 0.6) is 0 Å². The summed E-state index contributed by atoms with van der Waals surface area (Å²) < 4.78 is 6.53. The predicted octanol–water partition coefficient (Wildman–Crippen LogP) is 6.92. The Hall–Kier alpha value is -2.94. The van der Waals surface area contributed by atoms with E-state index in [2.05, 4.69) is 38.4 Å². The van der Waals surface area contributed by atoms with Crippen molar-refractivity contribution in [2.75, 3.05) is 32.5 Å². The highest BCUT2D eigenvalue weighted by atomic mass is 79.9. The molecule has 4 N–H and O–H groups in total. The van der Waals surface area contributed by atoms with Crippen molar-refractivity contribution in [3.8, 4) is 0 Å². The molecule has 0 aliphatic heterocycles. The number of hydrogen-bond acceptors (Lipinski definition) is 5. The number of anilines is 1. The lowest BCUT2D eigenvalue weighted by atomic mass is 9.90. The Morgan fingerprint density at radius 1 is 1.00 bits per heavy atom. The summed E-state index contributed by atoms with van der Waals surface area (Å²) in [4.78, 5) is 28.7. The molecule has 1 saturated carbocycles. The normalized spacial score (nSPS) is 15.4. The van der Waals surface area contributed by atoms with E-state index in [1.807, 2.05) is 61.5 Å². The third-order valence-electron chi connectivity index (χ3n) is 8.92. The summed E-state index contributed by atoms with van der Waals surface area (Å²) in [6.45, 7) is 6.84. The highest BCUT2D eigenvalue weighted by molar-refractivity contribution is 9.10. The summed E-state index contributed by atoms with van der Waals surface area (Å²) in [5.41, 5.74) is 8.50. The van der Waals surface area contributed by atoms with E-state index < -0.39 is 5.60 Å². The summed E-state index contributed by atoms with van der Waals surface area (Å²) in [6, 6.07) is 18.3. The maximum Gasteiger partial charge on any atom is 0.256 e. The number of nitrogen functional groups attached to an aromatic ring is 1. The molecule has 43 heavy (non-hydrogen) atoms. The highest BCUT2D eigenvalue weighted by Gasteiger charge is 2.36. The minimum atomic E-state index is -1.09. The van der Waals surface area contributed by atoms with Gasteiger partial charge in [-0.15, -0.1) is 0 Å². The molecule has 1 aliphatic carbocycles. The van der Waals surface area contributed by atoms with E-state index >= 15 is 0 Å². The van der Waals surface area contributed by atoms with Gasteiger partial charge in [-0.3, -0.25) is 14.5 Å². The van der Waals surface area contributed by atoms with Crippen LogP contribution in [0.2, 0.25) is 0 Å². The molecule has 0 heterocycles. The number of nitrogens with two attached hydrogens (primary N) is 1. The molecule has 0 aromatic heterocycles. The molecule has 1 aliphatic rings. The van der Waals surface area contributed by atoms with E-state index in [4.69, 9.17) is 10.5 Å². The molecular weight excluding hydrogens is 604 g/mol. The topological polar surface area (TPSA) is 96.7 Å². The first-order valence-electron chi connectivity index (χ1n) is 15.7. The second kappa shape index (κ2) is 15.7. The Bertz CT molecular complexity index is 1390. The molecule has 1 unspecified atom stereocenters. The zero-order chi connectivity index (χ0) is 30.8. The van der Waals surface area contributed by atoms with Crippen LogP contribution in [0.25, 0.3) is 10.8 Å². The van der Waals surface area contributed by atoms with Crippen LogP contribution in [0.4, 0.5) is 5.69 Å². The van der Waals surface area contributed by atoms with Crippen molar-refractivity contribution in [2.45, 2.75) is 83.4 Å². The Kier molecular flexibility index (Phi) is 12.0. The fourth-order valence-electron chi connectivity index (χ4n) is 6.17. The first-order chi connectivity index (χ1) is 20.8. The predicted molar refractivity (Wildman–Crippen MR) is 179 cm³/mol. The second-order valence-corrected chi connectivity index (χ2v) is 12.6. The van der Waals surface area contributed by atoms with Crippen LogP contribution in [0.1, 0.15) is 86.7 Å². The van der Waals surface area contributed by atoms with Gasteiger partial charge in [0.05, 0.1) is 5.69 Å². The first kappa shape index (κ1) is 33.0. The average Bonchev–Trinajstić information content (AvgIpc) is 3.04. The third kappa shape index (κ3) is 8.16. The molecule has 7 nitrogen and oxygen atoms in total. The van der Waals surface area contributed by atoms with Gasteiger partial charge in [0.15, 0.2) is 5.60 Å². The quantitative estimate of drug-likeness (QED) is 0.130. The van der Waals surface area contributed by atoms with Gasteiger partial charge in [0.1, 0.15) is 0 Å². The number of nitrogens with zero attached hydrogens (tertiary/aromatic N) is 1. The number of halogens is 1. The zero-order valence-electron chi connectivity index (χ0n) is 25.9.